The van der Waals surface area contributed by atoms with Crippen LogP contribution in [0.25, 0.3) is 5.52 Å². The van der Waals surface area contributed by atoms with Crippen molar-refractivity contribution in [2.24, 2.45) is 0 Å². The third-order valence-electron chi connectivity index (χ3n) is 3.97. The van der Waals surface area contributed by atoms with E-state index >= 15 is 0 Å². The van der Waals surface area contributed by atoms with Gasteiger partial charge in [0, 0.05) is 33.3 Å². The maximum atomic E-state index is 12.3. The average molecular weight is 288 g/mol. The molecule has 3 rings (SSSR count). The van der Waals surface area contributed by atoms with Gasteiger partial charge in [0.05, 0.1) is 24.0 Å². The predicted molar refractivity (Wildman–Crippen MR) is 82.6 cm³/mol. The minimum atomic E-state index is -0.310. The number of nitrogens with zero attached hydrogens (tertiary/aromatic N) is 4. The molecule has 0 radical (unpaired) electrons. The first-order valence-electron chi connectivity index (χ1n) is 6.97. The number of carbonyl (C=O) groups is 1. The summed E-state index contributed by atoms with van der Waals surface area (Å²) in [7, 11) is 7.44. The summed E-state index contributed by atoms with van der Waals surface area (Å²) in [6.45, 7) is 2.83. The Morgan fingerprint density at radius 1 is 1.43 bits per heavy atom. The number of aromatic nitrogens is 2. The normalized spacial score (nSPS) is 13.7. The number of anilines is 2. The van der Waals surface area contributed by atoms with E-state index in [4.69, 9.17) is 4.74 Å². The predicted octanol–water partition coefficient (Wildman–Crippen LogP) is 1.49. The number of rotatable bonds is 2. The zero-order chi connectivity index (χ0) is 15.3. The molecule has 0 bridgehead atoms. The fourth-order valence-corrected chi connectivity index (χ4v) is 3.15. The van der Waals surface area contributed by atoms with Gasteiger partial charge in [-0.25, -0.2) is 9.31 Å². The molecule has 0 aliphatic carbocycles. The second-order valence-corrected chi connectivity index (χ2v) is 5.67. The molecule has 6 nitrogen and oxygen atoms in total. The lowest BCUT2D eigenvalue weighted by molar-refractivity contribution is 0.0603. The van der Waals surface area contributed by atoms with Gasteiger partial charge >= 0.3 is 5.97 Å². The van der Waals surface area contributed by atoms with Crippen molar-refractivity contribution < 1.29 is 9.53 Å². The molecule has 0 saturated carbocycles. The molecule has 0 unspecified atom stereocenters. The van der Waals surface area contributed by atoms with E-state index in [0.717, 1.165) is 41.2 Å². The van der Waals surface area contributed by atoms with Crippen molar-refractivity contribution in [1.82, 2.24) is 9.61 Å². The molecule has 0 atom stereocenters. The van der Waals surface area contributed by atoms with E-state index in [2.05, 4.69) is 14.9 Å². The van der Waals surface area contributed by atoms with Crippen LogP contribution in [0.1, 0.15) is 21.6 Å². The van der Waals surface area contributed by atoms with Crippen LogP contribution in [0.5, 0.6) is 0 Å². The van der Waals surface area contributed by atoms with Crippen LogP contribution in [-0.2, 0) is 11.2 Å². The Labute approximate surface area is 123 Å². The number of hydrogen-bond donors (Lipinski definition) is 0. The standard InChI is InChI=1S/C15H20N4O2/c1-9-8-11-12(15(20)21-5)13-10(6-7-18(13)4)14(17(2)3)19(11)16-9/h8H,6-7H2,1-5H3. The fourth-order valence-electron chi connectivity index (χ4n) is 3.15. The number of carbonyl (C=O) groups excluding carboxylic acids is 1. The van der Waals surface area contributed by atoms with E-state index < -0.39 is 0 Å². The highest BCUT2D eigenvalue weighted by Crippen LogP contribution is 2.40. The molecule has 1 aliphatic rings. The second kappa shape index (κ2) is 4.65. The Hall–Kier alpha value is -2.24. The highest BCUT2D eigenvalue weighted by Gasteiger charge is 2.31. The van der Waals surface area contributed by atoms with Crippen LogP contribution < -0.4 is 9.80 Å². The van der Waals surface area contributed by atoms with Crippen molar-refractivity contribution in [3.8, 4) is 0 Å². The SMILES string of the molecule is COC(=O)c1c2c(c(N(C)C)n3nc(C)cc13)CCN2C. The molecule has 2 aromatic rings. The summed E-state index contributed by atoms with van der Waals surface area (Å²) in [6, 6.07) is 1.94. The summed E-state index contributed by atoms with van der Waals surface area (Å²) in [5.74, 6) is 0.723. The van der Waals surface area contributed by atoms with Crippen molar-refractivity contribution in [3.63, 3.8) is 0 Å². The minimum Gasteiger partial charge on any atom is -0.465 e. The quantitative estimate of drug-likeness (QED) is 0.784. The first-order valence-corrected chi connectivity index (χ1v) is 6.97. The lowest BCUT2D eigenvalue weighted by Crippen LogP contribution is -2.20. The fraction of sp³-hybridized carbons (Fsp3) is 0.467. The lowest BCUT2D eigenvalue weighted by Gasteiger charge is -2.22. The first-order chi connectivity index (χ1) is 9.95. The number of hydrogen-bond acceptors (Lipinski definition) is 5. The van der Waals surface area contributed by atoms with Crippen molar-refractivity contribution in [1.29, 1.82) is 0 Å². The Morgan fingerprint density at radius 3 is 2.76 bits per heavy atom. The van der Waals surface area contributed by atoms with Crippen molar-refractivity contribution in [2.75, 3.05) is 44.6 Å². The molecule has 2 aromatic heterocycles. The van der Waals surface area contributed by atoms with Gasteiger partial charge in [-0.05, 0) is 19.4 Å². The molecule has 0 fully saturated rings. The number of aryl methyl sites for hydroxylation is 1. The van der Waals surface area contributed by atoms with Gasteiger partial charge in [-0.1, -0.05) is 0 Å². The molecule has 1 aliphatic heterocycles. The molecule has 0 spiro atoms. The highest BCUT2D eigenvalue weighted by atomic mass is 16.5. The van der Waals surface area contributed by atoms with Crippen molar-refractivity contribution >= 4 is 23.0 Å². The summed E-state index contributed by atoms with van der Waals surface area (Å²) < 4.78 is 6.87. The van der Waals surface area contributed by atoms with Gasteiger partial charge in [0.15, 0.2) is 0 Å². The van der Waals surface area contributed by atoms with E-state index in [0.29, 0.717) is 5.56 Å². The second-order valence-electron chi connectivity index (χ2n) is 5.67. The number of ether oxygens (including phenoxy) is 1. The summed E-state index contributed by atoms with van der Waals surface area (Å²) in [6.07, 6.45) is 0.901. The Morgan fingerprint density at radius 2 is 2.14 bits per heavy atom. The number of pyridine rings is 1. The van der Waals surface area contributed by atoms with E-state index in [9.17, 15) is 4.79 Å². The number of likely N-dealkylation sites (N-methyl/N-ethyl adjacent to an activating group) is 1. The number of methoxy groups -OCH3 is 1. The first kappa shape index (κ1) is 13.7. The van der Waals surface area contributed by atoms with E-state index in [-0.39, 0.29) is 5.97 Å². The van der Waals surface area contributed by atoms with Crippen LogP contribution in [0.15, 0.2) is 6.07 Å². The van der Waals surface area contributed by atoms with Crippen LogP contribution in [-0.4, -0.2) is 50.4 Å². The maximum absolute atomic E-state index is 12.3. The molecule has 21 heavy (non-hydrogen) atoms. The molecule has 0 saturated heterocycles. The summed E-state index contributed by atoms with van der Waals surface area (Å²) in [4.78, 5) is 16.5. The third-order valence-corrected chi connectivity index (χ3v) is 3.97. The summed E-state index contributed by atoms with van der Waals surface area (Å²) >= 11 is 0. The van der Waals surface area contributed by atoms with Gasteiger partial charge in [0.25, 0.3) is 0 Å². The highest BCUT2D eigenvalue weighted by molar-refractivity contribution is 6.05. The Balaban J connectivity index is 2.48. The van der Waals surface area contributed by atoms with E-state index in [1.807, 2.05) is 38.6 Å². The molecule has 0 amide bonds. The molecular formula is C15H20N4O2. The number of fused-ring (bicyclic) bond motifs is 2. The average Bonchev–Trinajstić information content (AvgIpc) is 2.98. The van der Waals surface area contributed by atoms with Crippen LogP contribution in [0.3, 0.4) is 0 Å². The molecule has 0 aromatic carbocycles. The van der Waals surface area contributed by atoms with Gasteiger partial charge in [-0.3, -0.25) is 0 Å². The lowest BCUT2D eigenvalue weighted by atomic mass is 10.1. The van der Waals surface area contributed by atoms with Crippen molar-refractivity contribution in [2.45, 2.75) is 13.3 Å². The zero-order valence-corrected chi connectivity index (χ0v) is 13.1. The molecular weight excluding hydrogens is 268 g/mol. The van der Waals surface area contributed by atoms with Gasteiger partial charge < -0.3 is 14.5 Å². The monoisotopic (exact) mass is 288 g/mol. The van der Waals surface area contributed by atoms with Gasteiger partial charge in [0.2, 0.25) is 0 Å². The van der Waals surface area contributed by atoms with Crippen LogP contribution in [0.2, 0.25) is 0 Å². The molecule has 112 valence electrons. The Kier molecular flexibility index (Phi) is 3.04. The third kappa shape index (κ3) is 1.86. The van der Waals surface area contributed by atoms with Crippen molar-refractivity contribution in [3.05, 3.63) is 22.9 Å². The molecule has 0 N–H and O–H groups in total. The van der Waals surface area contributed by atoms with Gasteiger partial charge in [-0.2, -0.15) is 5.10 Å². The van der Waals surface area contributed by atoms with Crippen LogP contribution in [0.4, 0.5) is 11.5 Å². The van der Waals surface area contributed by atoms with Gasteiger partial charge in [-0.15, -0.1) is 0 Å². The zero-order valence-electron chi connectivity index (χ0n) is 13.1. The molecule has 6 heteroatoms. The minimum absolute atomic E-state index is 0.310. The number of esters is 1. The van der Waals surface area contributed by atoms with Gasteiger partial charge in [0.1, 0.15) is 11.4 Å². The molecule has 3 heterocycles. The van der Waals surface area contributed by atoms with E-state index in [1.54, 1.807) is 0 Å². The topological polar surface area (TPSA) is 50.1 Å². The largest absolute Gasteiger partial charge is 0.465 e. The maximum Gasteiger partial charge on any atom is 0.342 e. The summed E-state index contributed by atoms with van der Waals surface area (Å²) in [5, 5.41) is 4.56. The Bertz CT molecular complexity index is 733. The summed E-state index contributed by atoms with van der Waals surface area (Å²) in [5.41, 5.74) is 4.42. The van der Waals surface area contributed by atoms with Crippen LogP contribution in [0, 0.1) is 6.92 Å². The smallest absolute Gasteiger partial charge is 0.342 e. The van der Waals surface area contributed by atoms with E-state index in [1.165, 1.54) is 7.11 Å². The van der Waals surface area contributed by atoms with Crippen LogP contribution >= 0.6 is 0 Å².